The van der Waals surface area contributed by atoms with E-state index in [1.807, 2.05) is 6.07 Å². The third-order valence-corrected chi connectivity index (χ3v) is 5.70. The van der Waals surface area contributed by atoms with Gasteiger partial charge in [0.1, 0.15) is 35.1 Å². The molecule has 0 bridgehead atoms. The van der Waals surface area contributed by atoms with Crippen LogP contribution in [0, 0.1) is 45.6 Å². The topological polar surface area (TPSA) is 104 Å². The van der Waals surface area contributed by atoms with E-state index in [0.717, 1.165) is 18.2 Å². The Hall–Kier alpha value is -5.06. The summed E-state index contributed by atoms with van der Waals surface area (Å²) in [6, 6.07) is 15.5. The molecule has 0 saturated heterocycles. The summed E-state index contributed by atoms with van der Waals surface area (Å²) in [5.41, 5.74) is 1.53. The van der Waals surface area contributed by atoms with E-state index in [9.17, 15) is 20.9 Å². The first-order valence-corrected chi connectivity index (χ1v) is 9.69. The Balaban J connectivity index is 2.07. The van der Waals surface area contributed by atoms with E-state index in [1.54, 1.807) is 42.6 Å². The van der Waals surface area contributed by atoms with E-state index < -0.39 is 17.2 Å². The molecule has 33 heavy (non-hydrogen) atoms. The van der Waals surface area contributed by atoms with Gasteiger partial charge in [0.15, 0.2) is 0 Å². The molecule has 0 aliphatic heterocycles. The molecule has 2 aromatic carbocycles. The van der Waals surface area contributed by atoms with Gasteiger partial charge in [0.2, 0.25) is 0 Å². The van der Waals surface area contributed by atoms with Crippen LogP contribution in [0.1, 0.15) is 22.3 Å². The zero-order chi connectivity index (χ0) is 23.3. The second-order valence-electron chi connectivity index (χ2n) is 7.29. The number of halogens is 2. The normalized spacial score (nSPS) is 16.5. The predicted octanol–water partition coefficient (Wildman–Crippen LogP) is 5.27. The lowest BCUT2D eigenvalue weighted by Crippen LogP contribution is -1.95. The highest BCUT2D eigenvalue weighted by atomic mass is 19.1. The Morgan fingerprint density at radius 3 is 2.24 bits per heavy atom. The SMILES string of the molecule is N#C/C=C1/C(=C2\c3cccnc3-c3c(O)cccc32)C(=C(C#N)C#N)c2c(F)ccc(F)c21. The van der Waals surface area contributed by atoms with Crippen LogP contribution < -0.4 is 0 Å². The Kier molecular flexibility index (Phi) is 4.38. The molecular formula is C26H10F2N4O. The number of benzene rings is 2. The van der Waals surface area contributed by atoms with E-state index in [2.05, 4.69) is 4.98 Å². The van der Waals surface area contributed by atoms with Crippen molar-refractivity contribution in [3.8, 4) is 35.2 Å². The molecule has 2 aliphatic carbocycles. The third kappa shape index (κ3) is 2.62. The van der Waals surface area contributed by atoms with Gasteiger partial charge in [-0.1, -0.05) is 18.2 Å². The molecule has 0 amide bonds. The molecule has 1 heterocycles. The number of allylic oxidation sites excluding steroid dienone is 5. The molecule has 1 N–H and O–H groups in total. The lowest BCUT2D eigenvalue weighted by atomic mass is 9.89. The zero-order valence-corrected chi connectivity index (χ0v) is 16.7. The summed E-state index contributed by atoms with van der Waals surface area (Å²) in [6.45, 7) is 0. The fraction of sp³-hybridized carbons (Fsp3) is 0. The first-order valence-electron chi connectivity index (χ1n) is 9.69. The molecule has 2 aliphatic rings. The highest BCUT2D eigenvalue weighted by Crippen LogP contribution is 2.57. The van der Waals surface area contributed by atoms with Crippen LogP contribution in [0.5, 0.6) is 5.75 Å². The zero-order valence-electron chi connectivity index (χ0n) is 16.7. The van der Waals surface area contributed by atoms with Crippen molar-refractivity contribution in [1.82, 2.24) is 4.98 Å². The van der Waals surface area contributed by atoms with Gasteiger partial charge in [-0.3, -0.25) is 4.98 Å². The molecule has 0 fully saturated rings. The van der Waals surface area contributed by atoms with Crippen molar-refractivity contribution in [2.75, 3.05) is 0 Å². The molecule has 0 radical (unpaired) electrons. The Morgan fingerprint density at radius 1 is 0.848 bits per heavy atom. The number of nitrogens with zero attached hydrogens (tertiary/aromatic N) is 4. The maximum absolute atomic E-state index is 15.1. The molecule has 5 rings (SSSR count). The van der Waals surface area contributed by atoms with Crippen molar-refractivity contribution in [2.24, 2.45) is 0 Å². The first-order chi connectivity index (χ1) is 16.0. The molecule has 3 aromatic rings. The number of pyridine rings is 1. The van der Waals surface area contributed by atoms with E-state index in [-0.39, 0.29) is 33.6 Å². The number of hydrogen-bond donors (Lipinski definition) is 1. The molecule has 0 spiro atoms. The van der Waals surface area contributed by atoms with Gasteiger partial charge in [0.05, 0.1) is 17.3 Å². The smallest absolute Gasteiger partial charge is 0.138 e. The first kappa shape index (κ1) is 19.9. The van der Waals surface area contributed by atoms with Crippen molar-refractivity contribution >= 4 is 16.7 Å². The minimum absolute atomic E-state index is 0.0449. The summed E-state index contributed by atoms with van der Waals surface area (Å²) >= 11 is 0. The third-order valence-electron chi connectivity index (χ3n) is 5.70. The quantitative estimate of drug-likeness (QED) is 0.381. The maximum Gasteiger partial charge on any atom is 0.138 e. The summed E-state index contributed by atoms with van der Waals surface area (Å²) in [5.74, 6) is -1.67. The van der Waals surface area contributed by atoms with E-state index in [4.69, 9.17) is 0 Å². The Labute approximate surface area is 186 Å². The van der Waals surface area contributed by atoms with Crippen LogP contribution in [0.2, 0.25) is 0 Å². The van der Waals surface area contributed by atoms with Gasteiger partial charge in [-0.2, -0.15) is 15.8 Å². The molecule has 0 unspecified atom stereocenters. The van der Waals surface area contributed by atoms with Crippen molar-refractivity contribution < 1.29 is 13.9 Å². The van der Waals surface area contributed by atoms with Crippen LogP contribution in [0.3, 0.4) is 0 Å². The fourth-order valence-corrected chi connectivity index (χ4v) is 4.52. The average Bonchev–Trinajstić information content (AvgIpc) is 3.32. The van der Waals surface area contributed by atoms with Crippen LogP contribution >= 0.6 is 0 Å². The van der Waals surface area contributed by atoms with E-state index >= 15 is 8.78 Å². The lowest BCUT2D eigenvalue weighted by Gasteiger charge is -2.12. The standard InChI is InChI=1S/C26H10F2N4O/c27-17-6-7-18(28)25-20(13(11-30)12-31)24(15(8-9-29)22(17)25)21-14-3-1-5-19(33)23(14)26-16(21)4-2-10-32-26/h1-8,10,33H/b15-8+,24-21+. The fourth-order valence-electron chi connectivity index (χ4n) is 4.52. The second-order valence-corrected chi connectivity index (χ2v) is 7.29. The van der Waals surface area contributed by atoms with Crippen molar-refractivity contribution in [3.05, 3.63) is 99.8 Å². The second kappa shape index (κ2) is 7.27. The van der Waals surface area contributed by atoms with Gasteiger partial charge in [-0.15, -0.1) is 0 Å². The summed E-state index contributed by atoms with van der Waals surface area (Å²) < 4.78 is 30.1. The molecule has 5 nitrogen and oxygen atoms in total. The Morgan fingerprint density at radius 2 is 1.55 bits per heavy atom. The predicted molar refractivity (Wildman–Crippen MR) is 115 cm³/mol. The molecular weight excluding hydrogens is 422 g/mol. The van der Waals surface area contributed by atoms with Crippen LogP contribution in [0.25, 0.3) is 28.0 Å². The maximum atomic E-state index is 15.1. The summed E-state index contributed by atoms with van der Waals surface area (Å²) in [4.78, 5) is 4.38. The van der Waals surface area contributed by atoms with E-state index in [1.165, 1.54) is 6.07 Å². The van der Waals surface area contributed by atoms with Gasteiger partial charge >= 0.3 is 0 Å². The van der Waals surface area contributed by atoms with Gasteiger partial charge in [-0.25, -0.2) is 8.78 Å². The minimum atomic E-state index is -0.829. The monoisotopic (exact) mass is 432 g/mol. The number of phenolic OH excluding ortho intramolecular Hbond substituents is 1. The summed E-state index contributed by atoms with van der Waals surface area (Å²) in [6.07, 6.45) is 2.62. The van der Waals surface area contributed by atoms with E-state index in [0.29, 0.717) is 28.0 Å². The Bertz CT molecular complexity index is 1610. The highest BCUT2D eigenvalue weighted by molar-refractivity contribution is 6.20. The van der Waals surface area contributed by atoms with Gasteiger partial charge < -0.3 is 5.11 Å². The average molecular weight is 432 g/mol. The number of hydrogen-bond acceptors (Lipinski definition) is 5. The van der Waals surface area contributed by atoms with Crippen LogP contribution in [-0.4, -0.2) is 10.1 Å². The molecule has 1 aromatic heterocycles. The highest BCUT2D eigenvalue weighted by Gasteiger charge is 2.40. The van der Waals surface area contributed by atoms with Gasteiger partial charge in [-0.05, 0) is 29.8 Å². The van der Waals surface area contributed by atoms with Gasteiger partial charge in [0.25, 0.3) is 0 Å². The van der Waals surface area contributed by atoms with Crippen molar-refractivity contribution in [3.63, 3.8) is 0 Å². The van der Waals surface area contributed by atoms with Crippen LogP contribution in [0.15, 0.2) is 65.9 Å². The number of nitriles is 3. The summed E-state index contributed by atoms with van der Waals surface area (Å²) in [7, 11) is 0. The van der Waals surface area contributed by atoms with Crippen LogP contribution in [-0.2, 0) is 0 Å². The number of fused-ring (bicyclic) bond motifs is 4. The molecule has 0 atom stereocenters. The molecule has 0 saturated carbocycles. The minimum Gasteiger partial charge on any atom is -0.507 e. The number of aromatic hydroxyl groups is 1. The summed E-state index contributed by atoms with van der Waals surface area (Å²) in [5, 5.41) is 39.4. The lowest BCUT2D eigenvalue weighted by molar-refractivity contribution is 0.477. The van der Waals surface area contributed by atoms with Crippen molar-refractivity contribution in [1.29, 1.82) is 15.8 Å². The number of rotatable bonds is 0. The molecule has 7 heteroatoms. The van der Waals surface area contributed by atoms with Gasteiger partial charge in [0, 0.05) is 51.3 Å². The van der Waals surface area contributed by atoms with Crippen molar-refractivity contribution in [2.45, 2.75) is 0 Å². The largest absolute Gasteiger partial charge is 0.507 e. The number of phenols is 1. The molecule has 154 valence electrons. The number of aromatic nitrogens is 1. The van der Waals surface area contributed by atoms with Crippen LogP contribution in [0.4, 0.5) is 8.78 Å².